The number of nitrogens with one attached hydrogen (secondary N) is 1. The maximum Gasteiger partial charge on any atom is 0.193 e. The Bertz CT molecular complexity index is 825. The summed E-state index contributed by atoms with van der Waals surface area (Å²) in [6, 6.07) is 12.3. The number of hydrogen-bond donors (Lipinski definition) is 2. The summed E-state index contributed by atoms with van der Waals surface area (Å²) in [5.41, 5.74) is 8.52. The molecule has 1 fully saturated rings. The number of morpholine rings is 1. The third-order valence-electron chi connectivity index (χ3n) is 4.77. The lowest BCUT2D eigenvalue weighted by atomic mass is 10.0. The molecule has 0 spiro atoms. The fourth-order valence-corrected chi connectivity index (χ4v) is 3.73. The van der Waals surface area contributed by atoms with Crippen LogP contribution in [-0.2, 0) is 4.74 Å². The van der Waals surface area contributed by atoms with Gasteiger partial charge in [0.2, 0.25) is 0 Å². The van der Waals surface area contributed by atoms with Crippen molar-refractivity contribution in [3.63, 3.8) is 0 Å². The third kappa shape index (κ3) is 5.22. The van der Waals surface area contributed by atoms with Crippen LogP contribution < -0.4 is 11.1 Å². The van der Waals surface area contributed by atoms with Gasteiger partial charge >= 0.3 is 0 Å². The number of hydrogen-bond acceptors (Lipinski definition) is 3. The molecular weight excluding hydrogens is 379 g/mol. The molecule has 150 valence electrons. The van der Waals surface area contributed by atoms with Gasteiger partial charge in [-0.25, -0.2) is 4.39 Å². The minimum atomic E-state index is -0.336. The first-order valence-electron chi connectivity index (χ1n) is 9.37. The molecule has 0 aromatic heterocycles. The highest BCUT2D eigenvalue weighted by atomic mass is 35.5. The monoisotopic (exact) mass is 404 g/mol. The van der Waals surface area contributed by atoms with E-state index in [9.17, 15) is 4.39 Å². The Balaban J connectivity index is 1.82. The molecule has 1 saturated heterocycles. The molecule has 2 aromatic carbocycles. The first kappa shape index (κ1) is 20.6. The van der Waals surface area contributed by atoms with Crippen molar-refractivity contribution in [2.24, 2.45) is 10.7 Å². The van der Waals surface area contributed by atoms with Gasteiger partial charge < -0.3 is 15.8 Å². The summed E-state index contributed by atoms with van der Waals surface area (Å²) in [6.45, 7) is 6.25. The second-order valence-electron chi connectivity index (χ2n) is 7.05. The average molecular weight is 405 g/mol. The number of nitrogens with zero attached hydrogens (tertiary/aromatic N) is 2. The molecule has 5 nitrogen and oxygen atoms in total. The average Bonchev–Trinajstić information content (AvgIpc) is 2.64. The summed E-state index contributed by atoms with van der Waals surface area (Å²) < 4.78 is 20.3. The van der Waals surface area contributed by atoms with Crippen LogP contribution in [0.4, 0.5) is 10.1 Å². The van der Waals surface area contributed by atoms with Gasteiger partial charge in [0.15, 0.2) is 5.96 Å². The van der Waals surface area contributed by atoms with Crippen LogP contribution >= 0.6 is 11.6 Å². The second-order valence-corrected chi connectivity index (χ2v) is 7.46. The van der Waals surface area contributed by atoms with Crippen molar-refractivity contribution in [3.8, 4) is 0 Å². The first-order valence-corrected chi connectivity index (χ1v) is 9.75. The predicted molar refractivity (Wildman–Crippen MR) is 112 cm³/mol. The molecule has 1 aliphatic rings. The molecule has 0 radical (unpaired) electrons. The lowest BCUT2D eigenvalue weighted by Crippen LogP contribution is -2.44. The van der Waals surface area contributed by atoms with E-state index < -0.39 is 0 Å². The predicted octanol–water partition coefficient (Wildman–Crippen LogP) is 3.98. The summed E-state index contributed by atoms with van der Waals surface area (Å²) in [5.74, 6) is -0.0542. The standard InChI is InChI=1S/C21H26ClFN4O/c1-14-5-3-6-16(11-14)26-21(24)25-12-19(27-9-10-28-15(2)13-27)20-17(22)7-4-8-18(20)23/h3-8,11,15,19H,9-10,12-13H2,1-2H3,(H3,24,25,26). The second kappa shape index (κ2) is 9.37. The van der Waals surface area contributed by atoms with Gasteiger partial charge in [-0.3, -0.25) is 9.89 Å². The molecule has 2 aromatic rings. The van der Waals surface area contributed by atoms with Crippen molar-refractivity contribution >= 4 is 23.2 Å². The fraction of sp³-hybridized carbons (Fsp3) is 0.381. The van der Waals surface area contributed by atoms with Crippen molar-refractivity contribution in [1.82, 2.24) is 4.90 Å². The molecular formula is C21H26ClFN4O. The molecule has 7 heteroatoms. The molecule has 0 bridgehead atoms. The van der Waals surface area contributed by atoms with E-state index in [1.807, 2.05) is 38.1 Å². The number of anilines is 1. The molecule has 0 aliphatic carbocycles. The Kier molecular flexibility index (Phi) is 6.88. The Hall–Kier alpha value is -2.15. The van der Waals surface area contributed by atoms with Gasteiger partial charge in [-0.2, -0.15) is 0 Å². The Labute approximate surface area is 170 Å². The zero-order chi connectivity index (χ0) is 20.1. The number of halogens is 2. The van der Waals surface area contributed by atoms with Crippen molar-refractivity contribution < 1.29 is 9.13 Å². The van der Waals surface area contributed by atoms with Crippen LogP contribution in [0.3, 0.4) is 0 Å². The first-order chi connectivity index (χ1) is 13.4. The highest BCUT2D eigenvalue weighted by Gasteiger charge is 2.29. The normalized spacial score (nSPS) is 19.4. The van der Waals surface area contributed by atoms with Crippen LogP contribution in [0.5, 0.6) is 0 Å². The SMILES string of the molecule is Cc1cccc(NC(N)=NCC(c2c(F)cccc2Cl)N2CCOC(C)C2)c1. The molecule has 0 amide bonds. The molecule has 3 N–H and O–H groups in total. The van der Waals surface area contributed by atoms with E-state index in [0.29, 0.717) is 30.3 Å². The molecule has 1 heterocycles. The van der Waals surface area contributed by atoms with Crippen molar-refractivity contribution in [2.45, 2.75) is 26.0 Å². The largest absolute Gasteiger partial charge is 0.376 e. The third-order valence-corrected chi connectivity index (χ3v) is 5.10. The summed E-state index contributed by atoms with van der Waals surface area (Å²) in [4.78, 5) is 6.64. The zero-order valence-corrected chi connectivity index (χ0v) is 16.9. The van der Waals surface area contributed by atoms with E-state index in [1.165, 1.54) is 6.07 Å². The molecule has 3 rings (SSSR count). The van der Waals surface area contributed by atoms with E-state index in [-0.39, 0.29) is 30.5 Å². The van der Waals surface area contributed by atoms with Crippen molar-refractivity contribution in [1.29, 1.82) is 0 Å². The number of ether oxygens (including phenoxy) is 1. The number of nitrogens with two attached hydrogens (primary N) is 1. The van der Waals surface area contributed by atoms with Gasteiger partial charge in [-0.1, -0.05) is 29.8 Å². The van der Waals surface area contributed by atoms with Gasteiger partial charge in [-0.15, -0.1) is 0 Å². The maximum absolute atomic E-state index is 14.6. The van der Waals surface area contributed by atoms with Crippen LogP contribution in [0.2, 0.25) is 5.02 Å². The van der Waals surface area contributed by atoms with Gasteiger partial charge in [-0.05, 0) is 43.7 Å². The van der Waals surface area contributed by atoms with Crippen LogP contribution in [0.25, 0.3) is 0 Å². The molecule has 2 atom stereocenters. The van der Waals surface area contributed by atoms with E-state index in [4.69, 9.17) is 22.1 Å². The fourth-order valence-electron chi connectivity index (χ4n) is 3.44. The summed E-state index contributed by atoms with van der Waals surface area (Å²) in [7, 11) is 0. The Morgan fingerprint density at radius 3 is 2.89 bits per heavy atom. The van der Waals surface area contributed by atoms with E-state index in [0.717, 1.165) is 11.3 Å². The molecule has 28 heavy (non-hydrogen) atoms. The Morgan fingerprint density at radius 2 is 2.18 bits per heavy atom. The molecule has 1 aliphatic heterocycles. The quantitative estimate of drug-likeness (QED) is 0.584. The summed E-state index contributed by atoms with van der Waals surface area (Å²) >= 11 is 6.35. The van der Waals surface area contributed by atoms with Crippen LogP contribution in [0.1, 0.15) is 24.1 Å². The van der Waals surface area contributed by atoms with Gasteiger partial charge in [0.1, 0.15) is 5.82 Å². The number of rotatable bonds is 5. The minimum Gasteiger partial charge on any atom is -0.376 e. The molecule has 2 unspecified atom stereocenters. The van der Waals surface area contributed by atoms with Gasteiger partial charge in [0.05, 0.1) is 25.3 Å². The zero-order valence-electron chi connectivity index (χ0n) is 16.2. The van der Waals surface area contributed by atoms with Crippen LogP contribution in [0.15, 0.2) is 47.5 Å². The number of benzene rings is 2. The lowest BCUT2D eigenvalue weighted by Gasteiger charge is -2.37. The number of aryl methyl sites for hydroxylation is 1. The van der Waals surface area contributed by atoms with Crippen LogP contribution in [-0.4, -0.2) is 43.2 Å². The van der Waals surface area contributed by atoms with Crippen molar-refractivity contribution in [3.05, 3.63) is 64.4 Å². The maximum atomic E-state index is 14.6. The topological polar surface area (TPSA) is 62.9 Å². The van der Waals surface area contributed by atoms with Gasteiger partial charge in [0, 0.05) is 29.4 Å². The van der Waals surface area contributed by atoms with Gasteiger partial charge in [0.25, 0.3) is 0 Å². The Morgan fingerprint density at radius 1 is 1.39 bits per heavy atom. The lowest BCUT2D eigenvalue weighted by molar-refractivity contribution is -0.0336. The smallest absolute Gasteiger partial charge is 0.193 e. The highest BCUT2D eigenvalue weighted by Crippen LogP contribution is 2.31. The van der Waals surface area contributed by atoms with E-state index in [2.05, 4.69) is 15.2 Å². The summed E-state index contributed by atoms with van der Waals surface area (Å²) in [5, 5.41) is 3.48. The van der Waals surface area contributed by atoms with E-state index in [1.54, 1.807) is 12.1 Å². The minimum absolute atomic E-state index is 0.0635. The highest BCUT2D eigenvalue weighted by molar-refractivity contribution is 6.31. The number of guanidine groups is 1. The van der Waals surface area contributed by atoms with Crippen LogP contribution in [0, 0.1) is 12.7 Å². The van der Waals surface area contributed by atoms with Crippen molar-refractivity contribution in [2.75, 3.05) is 31.6 Å². The van der Waals surface area contributed by atoms with E-state index >= 15 is 0 Å². The summed E-state index contributed by atoms with van der Waals surface area (Å²) in [6.07, 6.45) is 0.0635. The number of aliphatic imine (C=N–C) groups is 1. The molecule has 0 saturated carbocycles.